The van der Waals surface area contributed by atoms with Gasteiger partial charge >= 0.3 is 5.97 Å². The van der Waals surface area contributed by atoms with E-state index in [0.717, 1.165) is 69.2 Å². The van der Waals surface area contributed by atoms with Crippen LogP contribution in [0.1, 0.15) is 82.6 Å². The van der Waals surface area contributed by atoms with Gasteiger partial charge in [0.05, 0.1) is 19.6 Å². The fourth-order valence-electron chi connectivity index (χ4n) is 0.324. The summed E-state index contributed by atoms with van der Waals surface area (Å²) in [6.07, 6.45) is 0.105. The lowest BCUT2D eigenvalue weighted by Crippen LogP contribution is -2.05. The first-order valence-corrected chi connectivity index (χ1v) is 11.9. The van der Waals surface area contributed by atoms with E-state index in [1.165, 1.54) is 0 Å². The van der Waals surface area contributed by atoms with E-state index in [1.807, 2.05) is 0 Å². The van der Waals surface area contributed by atoms with Gasteiger partial charge in [0.25, 0.3) is 59.7 Å². The number of carboxylic acid groups (broad SMARTS) is 10. The van der Waals surface area contributed by atoms with Crippen molar-refractivity contribution in [3.8, 4) is 0 Å². The Kier molecular flexibility index (Phi) is 105. The van der Waals surface area contributed by atoms with E-state index >= 15 is 0 Å². The Morgan fingerprint density at radius 3 is 0.521 bits per heavy atom. The van der Waals surface area contributed by atoms with Crippen molar-refractivity contribution in [3.63, 3.8) is 0 Å². The molecule has 11 N–H and O–H groups in total. The van der Waals surface area contributed by atoms with Crippen LogP contribution < -0.4 is 0 Å². The molecule has 0 unspecified atom stereocenters. The molecule has 0 amide bonds. The molecular weight excluding hydrogens is 668 g/mol. The average Bonchev–Trinajstić information content (AvgIpc) is 2.70. The quantitative estimate of drug-likeness (QED) is 0.180. The van der Waals surface area contributed by atoms with E-state index < -0.39 is 59.7 Å². The van der Waals surface area contributed by atoms with Crippen molar-refractivity contribution in [3.05, 3.63) is 0 Å². The number of carbonyl (C=O) groups excluding carboxylic acids is 1. The van der Waals surface area contributed by atoms with Gasteiger partial charge in [0.2, 0.25) is 0 Å². The predicted molar refractivity (Wildman–Crippen MR) is 161 cm³/mol. The summed E-state index contributed by atoms with van der Waals surface area (Å²) in [5.41, 5.74) is 0. The highest BCUT2D eigenvalue weighted by molar-refractivity contribution is 5.69. The maximum absolute atomic E-state index is 10.3. The van der Waals surface area contributed by atoms with Gasteiger partial charge in [-0.3, -0.25) is 52.7 Å². The lowest BCUT2D eigenvalue weighted by atomic mass is 10.5. The smallest absolute Gasteiger partial charge is 0.308 e. The largest absolute Gasteiger partial charge is 0.481 e. The highest BCUT2D eigenvalue weighted by Crippen LogP contribution is 1.82. The van der Waals surface area contributed by atoms with Crippen LogP contribution >= 0.6 is 0 Å². The molecule has 0 aliphatic carbocycles. The Hall–Kier alpha value is -5.87. The van der Waals surface area contributed by atoms with Crippen molar-refractivity contribution in [1.29, 1.82) is 0 Å². The minimum atomic E-state index is -0.833. The van der Waals surface area contributed by atoms with E-state index in [1.54, 1.807) is 6.92 Å². The van der Waals surface area contributed by atoms with Gasteiger partial charge in [-0.1, -0.05) is 0 Å². The van der Waals surface area contributed by atoms with Crippen molar-refractivity contribution in [2.24, 2.45) is 0 Å². The molecule has 0 radical (unpaired) electrons. The van der Waals surface area contributed by atoms with E-state index in [2.05, 4.69) is 4.74 Å². The second-order valence-corrected chi connectivity index (χ2v) is 6.47. The van der Waals surface area contributed by atoms with Crippen LogP contribution in [0, 0.1) is 0 Å². The van der Waals surface area contributed by atoms with Crippen molar-refractivity contribution in [2.45, 2.75) is 82.6 Å². The number of aliphatic carboxylic acids is 10. The topological polar surface area (TPSA) is 420 Å². The maximum atomic E-state index is 10.3. The summed E-state index contributed by atoms with van der Waals surface area (Å²) in [7, 11) is 0. The first-order chi connectivity index (χ1) is 21.1. The standard InChI is InChI=1S/C5H10O3.10C2H4O2/c1-2-8-5(7)3-4-6;10*1-2(3)4/h6H,2-4H2,1H3;10*1H3,(H,3,4). The molecule has 0 spiro atoms. The van der Waals surface area contributed by atoms with Gasteiger partial charge in [-0.05, 0) is 6.92 Å². The lowest BCUT2D eigenvalue weighted by Gasteiger charge is -1.96. The summed E-state index contributed by atoms with van der Waals surface area (Å²) < 4.78 is 4.48. The van der Waals surface area contributed by atoms with Crippen LogP contribution in [0.15, 0.2) is 0 Å². The molecule has 0 bridgehead atoms. The van der Waals surface area contributed by atoms with Crippen LogP contribution in [0.3, 0.4) is 0 Å². The zero-order valence-electron chi connectivity index (χ0n) is 28.4. The molecule has 23 heteroatoms. The molecule has 23 nitrogen and oxygen atoms in total. The van der Waals surface area contributed by atoms with E-state index in [9.17, 15) is 4.79 Å². The molecule has 0 fully saturated rings. The fourth-order valence-corrected chi connectivity index (χ4v) is 0.324. The third kappa shape index (κ3) is 3640000. The Bertz CT molecular complexity index is 615. The summed E-state index contributed by atoms with van der Waals surface area (Å²) in [5, 5.41) is 82.3. The molecule has 0 saturated heterocycles. The van der Waals surface area contributed by atoms with Gasteiger partial charge in [-0.2, -0.15) is 0 Å². The summed E-state index contributed by atoms with van der Waals surface area (Å²) in [4.78, 5) is 100. The average molecular weight is 719 g/mol. The SMILES string of the molecule is CC(=O)O.CC(=O)O.CC(=O)O.CC(=O)O.CC(=O)O.CC(=O)O.CC(=O)O.CC(=O)O.CC(=O)O.CC(=O)O.CCOC(=O)CCO. The first kappa shape index (κ1) is 73.5. The van der Waals surface area contributed by atoms with Crippen LogP contribution in [0.2, 0.25) is 0 Å². The van der Waals surface area contributed by atoms with Gasteiger partial charge in [0.15, 0.2) is 0 Å². The highest BCUT2D eigenvalue weighted by Gasteiger charge is 1.96. The Morgan fingerprint density at radius 2 is 0.458 bits per heavy atom. The zero-order chi connectivity index (χ0) is 42.2. The van der Waals surface area contributed by atoms with Crippen LogP contribution in [0.4, 0.5) is 0 Å². The summed E-state index contributed by atoms with van der Waals surface area (Å²) >= 11 is 0. The van der Waals surface area contributed by atoms with Gasteiger partial charge in [0, 0.05) is 69.2 Å². The maximum Gasteiger partial charge on any atom is 0.308 e. The van der Waals surface area contributed by atoms with Crippen LogP contribution in [0.5, 0.6) is 0 Å². The lowest BCUT2D eigenvalue weighted by molar-refractivity contribution is -0.144. The molecule has 0 aromatic rings. The number of hydrogen-bond acceptors (Lipinski definition) is 13. The number of aliphatic hydroxyl groups is 1. The molecule has 0 saturated carbocycles. The molecule has 0 aromatic carbocycles. The van der Waals surface area contributed by atoms with Crippen LogP contribution in [0.25, 0.3) is 0 Å². The van der Waals surface area contributed by atoms with Gasteiger partial charge in [0.1, 0.15) is 0 Å². The van der Waals surface area contributed by atoms with Gasteiger partial charge in [-0.15, -0.1) is 0 Å². The molecule has 48 heavy (non-hydrogen) atoms. The van der Waals surface area contributed by atoms with Crippen molar-refractivity contribution < 1.29 is 114 Å². The first-order valence-electron chi connectivity index (χ1n) is 11.9. The van der Waals surface area contributed by atoms with Gasteiger partial charge < -0.3 is 60.9 Å². The van der Waals surface area contributed by atoms with E-state index in [0.29, 0.717) is 6.61 Å². The Labute approximate surface area is 275 Å². The zero-order valence-corrected chi connectivity index (χ0v) is 28.4. The van der Waals surface area contributed by atoms with Crippen molar-refractivity contribution in [1.82, 2.24) is 0 Å². The van der Waals surface area contributed by atoms with E-state index in [-0.39, 0.29) is 19.0 Å². The number of carbonyl (C=O) groups is 11. The number of esters is 1. The van der Waals surface area contributed by atoms with Crippen LogP contribution in [-0.4, -0.2) is 135 Å². The highest BCUT2D eigenvalue weighted by atomic mass is 16.5. The minimum Gasteiger partial charge on any atom is -0.481 e. The monoisotopic (exact) mass is 718 g/mol. The summed E-state index contributed by atoms with van der Waals surface area (Å²) in [6, 6.07) is 0. The molecule has 0 rings (SSSR count). The molecule has 0 heterocycles. The number of rotatable bonds is 3. The molecule has 288 valence electrons. The molecular formula is C25H50O23. The minimum absolute atomic E-state index is 0.105. The summed E-state index contributed by atoms with van der Waals surface area (Å²) in [6.45, 7) is 12.8. The summed E-state index contributed by atoms with van der Waals surface area (Å²) in [5.74, 6) is -8.67. The molecule has 0 aliphatic rings. The number of aliphatic hydroxyl groups excluding tert-OH is 1. The van der Waals surface area contributed by atoms with Crippen molar-refractivity contribution >= 4 is 65.7 Å². The normalized spacial score (nSPS) is 6.67. The van der Waals surface area contributed by atoms with Crippen molar-refractivity contribution in [2.75, 3.05) is 13.2 Å². The van der Waals surface area contributed by atoms with Gasteiger partial charge in [-0.25, -0.2) is 0 Å². The Morgan fingerprint density at radius 1 is 0.354 bits per heavy atom. The number of ether oxygens (including phenoxy) is 1. The molecule has 0 aliphatic heterocycles. The number of carboxylic acids is 10. The predicted octanol–water partition coefficient (Wildman–Crippen LogP) is 0.841. The third-order valence-corrected chi connectivity index (χ3v) is 0.621. The number of hydrogen-bond donors (Lipinski definition) is 11. The van der Waals surface area contributed by atoms with E-state index in [4.69, 9.17) is 104 Å². The third-order valence-electron chi connectivity index (χ3n) is 0.621. The molecule has 0 atom stereocenters. The second-order valence-electron chi connectivity index (χ2n) is 6.47. The molecule has 0 aromatic heterocycles. The van der Waals surface area contributed by atoms with Crippen LogP contribution in [-0.2, 0) is 57.5 Å². The Balaban J connectivity index is -0.0000000352. The second kappa shape index (κ2) is 68.4. The fraction of sp³-hybridized carbons (Fsp3) is 0.560.